The monoisotopic (exact) mass is 271 g/mol. The summed E-state index contributed by atoms with van der Waals surface area (Å²) in [7, 11) is 1.89. The number of nitrogens with zero attached hydrogens (tertiary/aromatic N) is 1. The number of nitrogens with one attached hydrogen (secondary N) is 2. The fraction of sp³-hybridized carbons (Fsp3) is 0.438. The molecule has 0 aliphatic carbocycles. The van der Waals surface area contributed by atoms with Crippen LogP contribution in [0.1, 0.15) is 18.4 Å². The molecule has 0 aromatic heterocycles. The van der Waals surface area contributed by atoms with E-state index in [9.17, 15) is 4.79 Å². The van der Waals surface area contributed by atoms with Crippen molar-refractivity contribution in [1.29, 1.82) is 0 Å². The Hall–Kier alpha value is -1.81. The average Bonchev–Trinajstić information content (AvgIpc) is 2.75. The minimum atomic E-state index is -0.0252. The maximum atomic E-state index is 12.4. The maximum Gasteiger partial charge on any atom is 0.242 e. The molecule has 1 amide bonds. The predicted octanol–water partition coefficient (Wildman–Crippen LogP) is 2.24. The number of hydrogen-bond acceptors (Lipinski definition) is 3. The van der Waals surface area contributed by atoms with E-state index in [-0.39, 0.29) is 11.9 Å². The van der Waals surface area contributed by atoms with Crippen LogP contribution in [0.4, 0.5) is 11.4 Å². The number of carbonyl (C=O) groups is 1. The molecule has 1 unspecified atom stereocenters. The number of rotatable bonds is 2. The van der Waals surface area contributed by atoms with Crippen LogP contribution in [-0.4, -0.2) is 37.0 Å². The Morgan fingerprint density at radius 1 is 1.25 bits per heavy atom. The zero-order chi connectivity index (χ0) is 13.9. The van der Waals surface area contributed by atoms with Gasteiger partial charge in [0.05, 0.1) is 6.04 Å². The van der Waals surface area contributed by atoms with Crippen molar-refractivity contribution in [3.8, 4) is 0 Å². The van der Waals surface area contributed by atoms with Gasteiger partial charge in [-0.15, -0.1) is 0 Å². The third-order valence-electron chi connectivity index (χ3n) is 4.15. The lowest BCUT2D eigenvalue weighted by Crippen LogP contribution is -2.48. The summed E-state index contributed by atoms with van der Waals surface area (Å²) < 4.78 is 0. The predicted molar refractivity (Wildman–Crippen MR) is 82.1 cm³/mol. The van der Waals surface area contributed by atoms with Gasteiger partial charge in [0, 0.05) is 31.5 Å². The number of carbonyl (C=O) groups excluding carboxylic acids is 1. The third-order valence-corrected chi connectivity index (χ3v) is 4.15. The first kappa shape index (κ1) is 13.2. The molecule has 0 spiro atoms. The molecule has 4 nitrogen and oxygen atoms in total. The summed E-state index contributed by atoms with van der Waals surface area (Å²) in [6.45, 7) is 1.94. The zero-order valence-electron chi connectivity index (χ0n) is 11.9. The topological polar surface area (TPSA) is 44.4 Å². The van der Waals surface area contributed by atoms with Crippen LogP contribution in [0.3, 0.4) is 0 Å². The van der Waals surface area contributed by atoms with E-state index in [1.807, 2.05) is 13.1 Å². The van der Waals surface area contributed by atoms with Gasteiger partial charge in [0.25, 0.3) is 0 Å². The van der Waals surface area contributed by atoms with Crippen molar-refractivity contribution in [2.75, 3.05) is 30.8 Å². The van der Waals surface area contributed by atoms with Crippen LogP contribution in [-0.2, 0) is 11.2 Å². The number of fused-ring (bicyclic) bond motifs is 1. The SMILES string of the molecule is CNc1ccc2c(c1)NC(=O)C(N1CCC=CCC1)C2. The average molecular weight is 271 g/mol. The summed E-state index contributed by atoms with van der Waals surface area (Å²) >= 11 is 0. The lowest BCUT2D eigenvalue weighted by Gasteiger charge is -2.33. The molecule has 0 saturated heterocycles. The third kappa shape index (κ3) is 2.56. The minimum Gasteiger partial charge on any atom is -0.388 e. The van der Waals surface area contributed by atoms with Gasteiger partial charge in [0.2, 0.25) is 5.91 Å². The molecule has 2 aliphatic heterocycles. The minimum absolute atomic E-state index is 0.0252. The number of anilines is 2. The van der Waals surface area contributed by atoms with Crippen LogP contribution in [0.5, 0.6) is 0 Å². The van der Waals surface area contributed by atoms with E-state index in [1.54, 1.807) is 0 Å². The van der Waals surface area contributed by atoms with Gasteiger partial charge in [-0.2, -0.15) is 0 Å². The van der Waals surface area contributed by atoms with E-state index in [1.165, 1.54) is 5.56 Å². The van der Waals surface area contributed by atoms with E-state index in [0.717, 1.165) is 43.7 Å². The largest absolute Gasteiger partial charge is 0.388 e. The van der Waals surface area contributed by atoms with E-state index >= 15 is 0 Å². The van der Waals surface area contributed by atoms with Crippen molar-refractivity contribution in [3.05, 3.63) is 35.9 Å². The Balaban J connectivity index is 1.80. The highest BCUT2D eigenvalue weighted by atomic mass is 16.2. The van der Waals surface area contributed by atoms with Gasteiger partial charge in [-0.1, -0.05) is 18.2 Å². The second-order valence-corrected chi connectivity index (χ2v) is 5.42. The van der Waals surface area contributed by atoms with Crippen molar-refractivity contribution in [2.24, 2.45) is 0 Å². The van der Waals surface area contributed by atoms with Crippen LogP contribution in [0.2, 0.25) is 0 Å². The molecule has 4 heteroatoms. The summed E-state index contributed by atoms with van der Waals surface area (Å²) in [5, 5.41) is 6.17. The van der Waals surface area contributed by atoms with Gasteiger partial charge in [-0.3, -0.25) is 9.69 Å². The molecule has 106 valence electrons. The van der Waals surface area contributed by atoms with Crippen molar-refractivity contribution in [3.63, 3.8) is 0 Å². The molecular weight excluding hydrogens is 250 g/mol. The van der Waals surface area contributed by atoms with Gasteiger partial charge in [0.1, 0.15) is 0 Å². The Labute approximate surface area is 119 Å². The van der Waals surface area contributed by atoms with Crippen molar-refractivity contribution >= 4 is 17.3 Å². The summed E-state index contributed by atoms with van der Waals surface area (Å²) in [5.41, 5.74) is 3.21. The second kappa shape index (κ2) is 5.67. The normalized spacial score (nSPS) is 22.9. The Kier molecular flexibility index (Phi) is 3.74. The fourth-order valence-corrected chi connectivity index (χ4v) is 2.98. The summed E-state index contributed by atoms with van der Waals surface area (Å²) in [4.78, 5) is 14.7. The number of hydrogen-bond donors (Lipinski definition) is 2. The first-order valence-corrected chi connectivity index (χ1v) is 7.28. The molecule has 20 heavy (non-hydrogen) atoms. The molecule has 1 aromatic carbocycles. The molecule has 0 radical (unpaired) electrons. The Morgan fingerprint density at radius 3 is 2.70 bits per heavy atom. The standard InChI is InChI=1S/C16H21N3O/c1-17-13-7-6-12-10-15(16(20)18-14(12)11-13)19-8-4-2-3-5-9-19/h2-3,6-7,11,15,17H,4-5,8-10H2,1H3,(H,18,20). The zero-order valence-corrected chi connectivity index (χ0v) is 11.9. The van der Waals surface area contributed by atoms with Gasteiger partial charge >= 0.3 is 0 Å². The highest BCUT2D eigenvalue weighted by Gasteiger charge is 2.30. The van der Waals surface area contributed by atoms with Crippen LogP contribution in [0.25, 0.3) is 0 Å². The summed E-state index contributed by atoms with van der Waals surface area (Å²) in [6, 6.07) is 6.16. The highest BCUT2D eigenvalue weighted by molar-refractivity contribution is 5.98. The molecule has 3 rings (SSSR count). The smallest absolute Gasteiger partial charge is 0.242 e. The molecule has 0 bridgehead atoms. The number of amides is 1. The molecule has 0 saturated carbocycles. The van der Waals surface area contributed by atoms with Crippen LogP contribution >= 0.6 is 0 Å². The van der Waals surface area contributed by atoms with E-state index < -0.39 is 0 Å². The quantitative estimate of drug-likeness (QED) is 0.811. The Morgan fingerprint density at radius 2 is 2.00 bits per heavy atom. The lowest BCUT2D eigenvalue weighted by atomic mass is 9.97. The van der Waals surface area contributed by atoms with Gasteiger partial charge in [-0.25, -0.2) is 0 Å². The van der Waals surface area contributed by atoms with Crippen molar-refractivity contribution in [2.45, 2.75) is 25.3 Å². The molecule has 2 aliphatic rings. The van der Waals surface area contributed by atoms with Gasteiger partial charge in [-0.05, 0) is 37.0 Å². The Bertz CT molecular complexity index is 529. The van der Waals surface area contributed by atoms with Crippen LogP contribution in [0, 0.1) is 0 Å². The van der Waals surface area contributed by atoms with E-state index in [2.05, 4.69) is 39.8 Å². The lowest BCUT2D eigenvalue weighted by molar-refractivity contribution is -0.121. The molecule has 2 N–H and O–H groups in total. The van der Waals surface area contributed by atoms with Gasteiger partial charge in [0.15, 0.2) is 0 Å². The van der Waals surface area contributed by atoms with Crippen LogP contribution < -0.4 is 10.6 Å². The summed E-state index contributed by atoms with van der Waals surface area (Å²) in [5.74, 6) is 0.132. The molecule has 0 fully saturated rings. The second-order valence-electron chi connectivity index (χ2n) is 5.42. The molecule has 2 heterocycles. The molecular formula is C16H21N3O. The number of benzene rings is 1. The fourth-order valence-electron chi connectivity index (χ4n) is 2.98. The first-order valence-electron chi connectivity index (χ1n) is 7.28. The van der Waals surface area contributed by atoms with E-state index in [0.29, 0.717) is 0 Å². The highest BCUT2D eigenvalue weighted by Crippen LogP contribution is 2.28. The van der Waals surface area contributed by atoms with Gasteiger partial charge < -0.3 is 10.6 Å². The van der Waals surface area contributed by atoms with Crippen molar-refractivity contribution < 1.29 is 4.79 Å². The van der Waals surface area contributed by atoms with Crippen molar-refractivity contribution in [1.82, 2.24) is 4.90 Å². The molecule has 1 aromatic rings. The molecule has 1 atom stereocenters. The van der Waals surface area contributed by atoms with E-state index in [4.69, 9.17) is 0 Å². The maximum absolute atomic E-state index is 12.4. The summed E-state index contributed by atoms with van der Waals surface area (Å²) in [6.07, 6.45) is 7.32. The van der Waals surface area contributed by atoms with Crippen LogP contribution in [0.15, 0.2) is 30.4 Å². The first-order chi connectivity index (χ1) is 9.78.